The number of nitrogens with zero attached hydrogens (tertiary/aromatic N) is 5. The first kappa shape index (κ1) is 16.6. The van der Waals surface area contributed by atoms with Gasteiger partial charge in [0.25, 0.3) is 11.9 Å². The van der Waals surface area contributed by atoms with E-state index in [1.54, 1.807) is 15.8 Å². The van der Waals surface area contributed by atoms with E-state index in [1.807, 2.05) is 33.8 Å². The molecule has 0 spiro atoms. The van der Waals surface area contributed by atoms with Crippen molar-refractivity contribution in [1.82, 2.24) is 24.6 Å². The number of β-amino-alcohol motifs (C(OH)–C–C–N with tert-alkyl or cyclic N) is 1. The fourth-order valence-electron chi connectivity index (χ4n) is 2.99. The van der Waals surface area contributed by atoms with E-state index in [4.69, 9.17) is 0 Å². The van der Waals surface area contributed by atoms with Gasteiger partial charge in [-0.05, 0) is 32.3 Å². The number of carbonyl (C=O) groups excluding carboxylic acids is 1. The van der Waals surface area contributed by atoms with Gasteiger partial charge in [-0.1, -0.05) is 13.8 Å². The molecule has 3 rings (SSSR count). The standard InChI is InChI=1S/C17H23N5O2/c1-10(2)15-14(16(24)21-6-5-13(23)8-21)9-22(20-15)17-18-11(3)7-12(4)19-17/h7,9-10,13,23H,5-6,8H2,1-4H3/t13-/m1/s1. The minimum atomic E-state index is -0.436. The molecule has 7 heteroatoms. The average Bonchev–Trinajstić information content (AvgIpc) is 3.12. The molecule has 1 aliphatic heterocycles. The second-order valence-corrected chi connectivity index (χ2v) is 6.67. The number of hydrogen-bond donors (Lipinski definition) is 1. The molecule has 0 radical (unpaired) electrons. The van der Waals surface area contributed by atoms with Crippen molar-refractivity contribution >= 4 is 5.91 Å². The van der Waals surface area contributed by atoms with E-state index in [9.17, 15) is 9.90 Å². The number of rotatable bonds is 3. The van der Waals surface area contributed by atoms with E-state index in [1.165, 1.54) is 0 Å². The lowest BCUT2D eigenvalue weighted by Gasteiger charge is -2.15. The molecule has 0 bridgehead atoms. The lowest BCUT2D eigenvalue weighted by molar-refractivity contribution is 0.0763. The van der Waals surface area contributed by atoms with Crippen molar-refractivity contribution in [3.63, 3.8) is 0 Å². The first-order chi connectivity index (χ1) is 11.3. The lowest BCUT2D eigenvalue weighted by Crippen LogP contribution is -2.30. The molecule has 0 aliphatic carbocycles. The maximum atomic E-state index is 12.8. The van der Waals surface area contributed by atoms with E-state index in [0.717, 1.165) is 17.1 Å². The Morgan fingerprint density at radius 3 is 2.50 bits per heavy atom. The second kappa shape index (κ2) is 6.32. The lowest BCUT2D eigenvalue weighted by atomic mass is 10.1. The monoisotopic (exact) mass is 329 g/mol. The molecule has 0 saturated carbocycles. The van der Waals surface area contributed by atoms with Gasteiger partial charge in [0.2, 0.25) is 0 Å². The summed E-state index contributed by atoms with van der Waals surface area (Å²) in [6, 6.07) is 1.90. The van der Waals surface area contributed by atoms with Gasteiger partial charge in [-0.15, -0.1) is 0 Å². The number of aryl methyl sites for hydroxylation is 2. The number of aliphatic hydroxyl groups excluding tert-OH is 1. The molecule has 1 N–H and O–H groups in total. The van der Waals surface area contributed by atoms with Gasteiger partial charge in [0.15, 0.2) is 0 Å². The average molecular weight is 329 g/mol. The van der Waals surface area contributed by atoms with Gasteiger partial charge < -0.3 is 10.0 Å². The zero-order valence-electron chi connectivity index (χ0n) is 14.5. The minimum Gasteiger partial charge on any atom is -0.391 e. The molecule has 1 amide bonds. The van der Waals surface area contributed by atoms with E-state index in [0.29, 0.717) is 31.0 Å². The van der Waals surface area contributed by atoms with E-state index >= 15 is 0 Å². The van der Waals surface area contributed by atoms with Crippen LogP contribution in [0.2, 0.25) is 0 Å². The maximum Gasteiger partial charge on any atom is 0.257 e. The highest BCUT2D eigenvalue weighted by Crippen LogP contribution is 2.22. The molecule has 3 heterocycles. The molecule has 7 nitrogen and oxygen atoms in total. The third kappa shape index (κ3) is 3.17. The summed E-state index contributed by atoms with van der Waals surface area (Å²) in [6.07, 6.45) is 1.89. The number of amides is 1. The summed E-state index contributed by atoms with van der Waals surface area (Å²) >= 11 is 0. The number of aliphatic hydroxyl groups is 1. The Labute approximate surface area is 141 Å². The van der Waals surface area contributed by atoms with Gasteiger partial charge in [0.1, 0.15) is 0 Å². The Bertz CT molecular complexity index is 748. The molecule has 2 aromatic rings. The van der Waals surface area contributed by atoms with Crippen molar-refractivity contribution in [3.8, 4) is 5.95 Å². The van der Waals surface area contributed by atoms with Gasteiger partial charge in [-0.2, -0.15) is 5.10 Å². The summed E-state index contributed by atoms with van der Waals surface area (Å²) in [6.45, 7) is 8.77. The summed E-state index contributed by atoms with van der Waals surface area (Å²) in [4.78, 5) is 23.3. The predicted molar refractivity (Wildman–Crippen MR) is 89.2 cm³/mol. The van der Waals surface area contributed by atoms with E-state index in [-0.39, 0.29) is 11.8 Å². The highest BCUT2D eigenvalue weighted by atomic mass is 16.3. The van der Waals surface area contributed by atoms with Crippen LogP contribution in [0.1, 0.15) is 53.6 Å². The van der Waals surface area contributed by atoms with Crippen molar-refractivity contribution in [3.05, 3.63) is 34.9 Å². The summed E-state index contributed by atoms with van der Waals surface area (Å²) < 4.78 is 1.58. The number of aromatic nitrogens is 4. The van der Waals surface area contributed by atoms with Crippen LogP contribution in [0.3, 0.4) is 0 Å². The molecule has 1 aliphatic rings. The first-order valence-corrected chi connectivity index (χ1v) is 8.24. The highest BCUT2D eigenvalue weighted by molar-refractivity contribution is 5.95. The first-order valence-electron chi connectivity index (χ1n) is 8.24. The minimum absolute atomic E-state index is 0.0918. The zero-order valence-corrected chi connectivity index (χ0v) is 14.5. The van der Waals surface area contributed by atoms with Gasteiger partial charge >= 0.3 is 0 Å². The Hall–Kier alpha value is -2.28. The van der Waals surface area contributed by atoms with Gasteiger partial charge in [-0.3, -0.25) is 4.79 Å². The quantitative estimate of drug-likeness (QED) is 0.925. The van der Waals surface area contributed by atoms with Gasteiger partial charge in [0.05, 0.1) is 17.4 Å². The van der Waals surface area contributed by atoms with Crippen LogP contribution < -0.4 is 0 Å². The number of carbonyl (C=O) groups is 1. The molecule has 2 aromatic heterocycles. The van der Waals surface area contributed by atoms with E-state index < -0.39 is 6.10 Å². The van der Waals surface area contributed by atoms with Crippen LogP contribution in [-0.4, -0.2) is 54.9 Å². The van der Waals surface area contributed by atoms with Crippen LogP contribution in [0.4, 0.5) is 0 Å². The van der Waals surface area contributed by atoms with E-state index in [2.05, 4.69) is 15.1 Å². The summed E-state index contributed by atoms with van der Waals surface area (Å²) in [5.41, 5.74) is 3.00. The number of hydrogen-bond acceptors (Lipinski definition) is 5. The van der Waals surface area contributed by atoms with Crippen molar-refractivity contribution in [2.45, 2.75) is 46.1 Å². The largest absolute Gasteiger partial charge is 0.391 e. The molecule has 1 saturated heterocycles. The van der Waals surface area contributed by atoms with Crippen molar-refractivity contribution < 1.29 is 9.90 Å². The maximum absolute atomic E-state index is 12.8. The van der Waals surface area contributed by atoms with Crippen molar-refractivity contribution in [2.75, 3.05) is 13.1 Å². The van der Waals surface area contributed by atoms with Crippen LogP contribution in [0.15, 0.2) is 12.3 Å². The molecule has 128 valence electrons. The Balaban J connectivity index is 2.00. The van der Waals surface area contributed by atoms with Crippen LogP contribution in [-0.2, 0) is 0 Å². The fraction of sp³-hybridized carbons (Fsp3) is 0.529. The molecule has 1 fully saturated rings. The second-order valence-electron chi connectivity index (χ2n) is 6.67. The normalized spacial score (nSPS) is 17.8. The highest BCUT2D eigenvalue weighted by Gasteiger charge is 2.29. The Kier molecular flexibility index (Phi) is 4.36. The summed E-state index contributed by atoms with van der Waals surface area (Å²) in [5, 5.41) is 14.2. The van der Waals surface area contributed by atoms with Crippen LogP contribution in [0.5, 0.6) is 0 Å². The van der Waals surface area contributed by atoms with Gasteiger partial charge in [0, 0.05) is 30.7 Å². The third-order valence-electron chi connectivity index (χ3n) is 4.15. The predicted octanol–water partition coefficient (Wildman–Crippen LogP) is 1.61. The van der Waals surface area contributed by atoms with Crippen molar-refractivity contribution in [1.29, 1.82) is 0 Å². The smallest absolute Gasteiger partial charge is 0.257 e. The molecule has 24 heavy (non-hydrogen) atoms. The SMILES string of the molecule is Cc1cc(C)nc(-n2cc(C(=O)N3CC[C@@H](O)C3)c(C(C)C)n2)n1. The van der Waals surface area contributed by atoms with Crippen LogP contribution >= 0.6 is 0 Å². The molecular weight excluding hydrogens is 306 g/mol. The topological polar surface area (TPSA) is 84.1 Å². The molecule has 1 atom stereocenters. The molecule has 0 aromatic carbocycles. The Morgan fingerprint density at radius 2 is 1.96 bits per heavy atom. The molecular formula is C17H23N5O2. The van der Waals surface area contributed by atoms with Gasteiger partial charge in [-0.25, -0.2) is 14.6 Å². The third-order valence-corrected chi connectivity index (χ3v) is 4.15. The van der Waals surface area contributed by atoms with Crippen LogP contribution in [0, 0.1) is 13.8 Å². The number of likely N-dealkylation sites (tertiary alicyclic amines) is 1. The molecule has 0 unspecified atom stereocenters. The Morgan fingerprint density at radius 1 is 1.29 bits per heavy atom. The summed E-state index contributed by atoms with van der Waals surface area (Å²) in [7, 11) is 0. The summed E-state index contributed by atoms with van der Waals surface area (Å²) in [5.74, 6) is 0.476. The van der Waals surface area contributed by atoms with Crippen molar-refractivity contribution in [2.24, 2.45) is 0 Å². The van der Waals surface area contributed by atoms with Crippen LogP contribution in [0.25, 0.3) is 5.95 Å². The fourth-order valence-corrected chi connectivity index (χ4v) is 2.99. The zero-order chi connectivity index (χ0) is 17.4.